The zero-order chi connectivity index (χ0) is 9.26. The topological polar surface area (TPSA) is 40.7 Å². The molecule has 0 aliphatic rings. The van der Waals surface area contributed by atoms with Gasteiger partial charge in [-0.25, -0.2) is 4.98 Å². The van der Waals surface area contributed by atoms with Gasteiger partial charge < -0.3 is 10.3 Å². The van der Waals surface area contributed by atoms with Crippen molar-refractivity contribution < 1.29 is 0 Å². The molecule has 0 unspecified atom stereocenters. The molecule has 1 aromatic heterocycles. The van der Waals surface area contributed by atoms with E-state index in [1.807, 2.05) is 7.05 Å². The quantitative estimate of drug-likeness (QED) is 0.843. The highest BCUT2D eigenvalue weighted by Crippen LogP contribution is 2.22. The number of H-pyrrole nitrogens is 1. The Morgan fingerprint density at radius 2 is 2.38 bits per heavy atom. The average Bonchev–Trinajstić information content (AvgIpc) is 2.53. The maximum atomic E-state index is 4.20. The van der Waals surface area contributed by atoms with E-state index in [2.05, 4.69) is 43.3 Å². The van der Waals surface area contributed by atoms with Gasteiger partial charge in [0, 0.05) is 11.0 Å². The van der Waals surface area contributed by atoms with Gasteiger partial charge in [-0.05, 0) is 40.7 Å². The fourth-order valence-electron chi connectivity index (χ4n) is 1.37. The minimum Gasteiger partial charge on any atom is -0.345 e. The van der Waals surface area contributed by atoms with Crippen molar-refractivity contribution in [3.05, 3.63) is 28.5 Å². The predicted molar refractivity (Wildman–Crippen MR) is 56.6 cm³/mol. The van der Waals surface area contributed by atoms with Crippen molar-refractivity contribution in [1.82, 2.24) is 15.3 Å². The molecule has 0 radical (unpaired) electrons. The molecule has 0 atom stereocenters. The second-order valence-electron chi connectivity index (χ2n) is 2.91. The summed E-state index contributed by atoms with van der Waals surface area (Å²) >= 11 is 3.49. The molecule has 0 aliphatic heterocycles. The van der Waals surface area contributed by atoms with Gasteiger partial charge in [0.05, 0.1) is 11.8 Å². The van der Waals surface area contributed by atoms with E-state index < -0.39 is 0 Å². The highest BCUT2D eigenvalue weighted by Gasteiger charge is 2.02. The molecule has 0 spiro atoms. The molecule has 1 heterocycles. The zero-order valence-corrected chi connectivity index (χ0v) is 8.85. The minimum absolute atomic E-state index is 0.869. The van der Waals surface area contributed by atoms with Gasteiger partial charge in [-0.1, -0.05) is 0 Å². The largest absolute Gasteiger partial charge is 0.345 e. The molecule has 0 bridgehead atoms. The van der Waals surface area contributed by atoms with Crippen molar-refractivity contribution >= 4 is 27.0 Å². The predicted octanol–water partition coefficient (Wildman–Crippen LogP) is 2.04. The fraction of sp³-hybridized carbons (Fsp3) is 0.222. The van der Waals surface area contributed by atoms with Crippen LogP contribution in [0.25, 0.3) is 11.0 Å². The third-order valence-corrected chi connectivity index (χ3v) is 2.52. The fourth-order valence-corrected chi connectivity index (χ4v) is 1.98. The molecular weight excluding hydrogens is 230 g/mol. The lowest BCUT2D eigenvalue weighted by Gasteiger charge is -2.01. The number of nitrogens with one attached hydrogen (secondary N) is 2. The molecule has 4 heteroatoms. The van der Waals surface area contributed by atoms with Crippen molar-refractivity contribution in [1.29, 1.82) is 0 Å². The van der Waals surface area contributed by atoms with Crippen LogP contribution in [0.15, 0.2) is 22.9 Å². The molecule has 0 aliphatic carbocycles. The summed E-state index contributed by atoms with van der Waals surface area (Å²) in [5.41, 5.74) is 3.30. The van der Waals surface area contributed by atoms with Gasteiger partial charge in [0.2, 0.25) is 0 Å². The van der Waals surface area contributed by atoms with Crippen molar-refractivity contribution in [2.75, 3.05) is 7.05 Å². The molecule has 2 rings (SSSR count). The van der Waals surface area contributed by atoms with Crippen LogP contribution in [-0.2, 0) is 6.54 Å². The number of nitrogens with zero attached hydrogens (tertiary/aromatic N) is 1. The second-order valence-corrected chi connectivity index (χ2v) is 3.76. The summed E-state index contributed by atoms with van der Waals surface area (Å²) in [4.78, 5) is 7.29. The third-order valence-electron chi connectivity index (χ3n) is 1.92. The van der Waals surface area contributed by atoms with Gasteiger partial charge in [0.15, 0.2) is 0 Å². The Morgan fingerprint density at radius 3 is 3.15 bits per heavy atom. The molecule has 2 N–H and O–H groups in total. The lowest BCUT2D eigenvalue weighted by atomic mass is 10.2. The van der Waals surface area contributed by atoms with Gasteiger partial charge in [-0.15, -0.1) is 0 Å². The van der Waals surface area contributed by atoms with E-state index >= 15 is 0 Å². The average molecular weight is 240 g/mol. The van der Waals surface area contributed by atoms with E-state index in [1.54, 1.807) is 6.33 Å². The molecule has 0 fully saturated rings. The summed E-state index contributed by atoms with van der Waals surface area (Å²) in [5, 5.41) is 3.11. The van der Waals surface area contributed by atoms with Crippen LogP contribution in [0.4, 0.5) is 0 Å². The Bertz CT molecular complexity index is 422. The summed E-state index contributed by atoms with van der Waals surface area (Å²) in [7, 11) is 1.94. The first-order valence-corrected chi connectivity index (χ1v) is 4.86. The summed E-state index contributed by atoms with van der Waals surface area (Å²) in [6, 6.07) is 4.18. The van der Waals surface area contributed by atoms with Crippen LogP contribution in [0.5, 0.6) is 0 Å². The van der Waals surface area contributed by atoms with Crippen molar-refractivity contribution in [2.45, 2.75) is 6.54 Å². The normalized spacial score (nSPS) is 10.9. The molecule has 2 aromatic rings. The first-order valence-electron chi connectivity index (χ1n) is 4.07. The summed E-state index contributed by atoms with van der Waals surface area (Å²) in [6.45, 7) is 0.869. The number of hydrogen-bond donors (Lipinski definition) is 2. The van der Waals surface area contributed by atoms with Gasteiger partial charge >= 0.3 is 0 Å². The monoisotopic (exact) mass is 239 g/mol. The molecular formula is C9H10BrN3. The highest BCUT2D eigenvalue weighted by molar-refractivity contribution is 9.10. The van der Waals surface area contributed by atoms with E-state index in [-0.39, 0.29) is 0 Å². The van der Waals surface area contributed by atoms with Crippen LogP contribution >= 0.6 is 15.9 Å². The molecule has 0 saturated heterocycles. The second kappa shape index (κ2) is 3.47. The molecule has 0 amide bonds. The van der Waals surface area contributed by atoms with Crippen LogP contribution < -0.4 is 5.32 Å². The van der Waals surface area contributed by atoms with E-state index in [0.717, 1.165) is 22.1 Å². The van der Waals surface area contributed by atoms with Crippen LogP contribution in [0, 0.1) is 0 Å². The van der Waals surface area contributed by atoms with E-state index in [9.17, 15) is 0 Å². The van der Waals surface area contributed by atoms with E-state index in [1.165, 1.54) is 5.56 Å². The van der Waals surface area contributed by atoms with Gasteiger partial charge in [-0.2, -0.15) is 0 Å². The van der Waals surface area contributed by atoms with Crippen LogP contribution in [0.3, 0.4) is 0 Å². The Labute approximate surface area is 84.7 Å². The highest BCUT2D eigenvalue weighted by atomic mass is 79.9. The number of fused-ring (bicyclic) bond motifs is 1. The maximum absolute atomic E-state index is 4.20. The summed E-state index contributed by atoms with van der Waals surface area (Å²) in [6.07, 6.45) is 1.71. The number of halogens is 1. The summed E-state index contributed by atoms with van der Waals surface area (Å²) in [5.74, 6) is 0. The lowest BCUT2D eigenvalue weighted by molar-refractivity contribution is 0.818. The standard InChI is InChI=1S/C9H10BrN3/c1-11-4-6-2-7(10)9-8(3-6)12-5-13-9/h2-3,5,11H,4H2,1H3,(H,12,13). The number of imidazole rings is 1. The first kappa shape index (κ1) is 8.72. The SMILES string of the molecule is CNCc1cc(Br)c2nc[nH]c2c1. The van der Waals surface area contributed by atoms with Crippen LogP contribution in [0.2, 0.25) is 0 Å². The number of rotatable bonds is 2. The first-order chi connectivity index (χ1) is 6.31. The third kappa shape index (κ3) is 1.59. The smallest absolute Gasteiger partial charge is 0.102 e. The van der Waals surface area contributed by atoms with Crippen molar-refractivity contribution in [3.63, 3.8) is 0 Å². The molecule has 13 heavy (non-hydrogen) atoms. The molecule has 3 nitrogen and oxygen atoms in total. The lowest BCUT2D eigenvalue weighted by Crippen LogP contribution is -2.04. The summed E-state index contributed by atoms with van der Waals surface area (Å²) < 4.78 is 1.04. The Balaban J connectivity index is 2.56. The Kier molecular flexibility index (Phi) is 2.33. The van der Waals surface area contributed by atoms with Crippen molar-refractivity contribution in [3.8, 4) is 0 Å². The Morgan fingerprint density at radius 1 is 1.54 bits per heavy atom. The van der Waals surface area contributed by atoms with Gasteiger partial charge in [0.1, 0.15) is 5.52 Å². The zero-order valence-electron chi connectivity index (χ0n) is 7.26. The number of benzene rings is 1. The van der Waals surface area contributed by atoms with E-state index in [0.29, 0.717) is 0 Å². The number of aromatic amines is 1. The molecule has 68 valence electrons. The molecule has 0 saturated carbocycles. The maximum Gasteiger partial charge on any atom is 0.102 e. The number of aromatic nitrogens is 2. The van der Waals surface area contributed by atoms with Crippen LogP contribution in [-0.4, -0.2) is 17.0 Å². The molecule has 1 aromatic carbocycles. The van der Waals surface area contributed by atoms with Crippen molar-refractivity contribution in [2.24, 2.45) is 0 Å². The van der Waals surface area contributed by atoms with Gasteiger partial charge in [-0.3, -0.25) is 0 Å². The van der Waals surface area contributed by atoms with Crippen LogP contribution in [0.1, 0.15) is 5.56 Å². The van der Waals surface area contributed by atoms with E-state index in [4.69, 9.17) is 0 Å². The number of hydrogen-bond acceptors (Lipinski definition) is 2. The Hall–Kier alpha value is -0.870. The minimum atomic E-state index is 0.869. The van der Waals surface area contributed by atoms with Gasteiger partial charge in [0.25, 0.3) is 0 Å².